The zero-order valence-electron chi connectivity index (χ0n) is 13.6. The molecule has 8 heteroatoms. The molecule has 0 saturated heterocycles. The Hall–Kier alpha value is -3.03. The Labute approximate surface area is 144 Å². The molecule has 1 aliphatic heterocycles. The van der Waals surface area contributed by atoms with E-state index in [0.29, 0.717) is 30.7 Å². The number of H-pyrrole nitrogens is 1. The van der Waals surface area contributed by atoms with Crippen molar-refractivity contribution in [3.63, 3.8) is 0 Å². The Morgan fingerprint density at radius 1 is 1.04 bits per heavy atom. The molecular formula is C17H18N4O4. The Balaban J connectivity index is 1.32. The molecule has 2 heterocycles. The number of rotatable bonds is 8. The molecule has 0 atom stereocenters. The van der Waals surface area contributed by atoms with Gasteiger partial charge in [-0.3, -0.25) is 14.5 Å². The van der Waals surface area contributed by atoms with Crippen LogP contribution >= 0.6 is 0 Å². The summed E-state index contributed by atoms with van der Waals surface area (Å²) in [7, 11) is 0. The van der Waals surface area contributed by atoms with Gasteiger partial charge >= 0.3 is 5.97 Å². The summed E-state index contributed by atoms with van der Waals surface area (Å²) < 4.78 is 5.06. The van der Waals surface area contributed by atoms with Crippen LogP contribution in [0.1, 0.15) is 56.9 Å². The average Bonchev–Trinajstić information content (AvgIpc) is 3.24. The number of hydrogen-bond donors (Lipinski definition) is 1. The van der Waals surface area contributed by atoms with E-state index in [0.717, 1.165) is 19.3 Å². The van der Waals surface area contributed by atoms with Crippen LogP contribution in [0.2, 0.25) is 0 Å². The fraction of sp³-hybridized carbons (Fsp3) is 0.353. The summed E-state index contributed by atoms with van der Waals surface area (Å²) >= 11 is 0. The molecule has 0 unspecified atom stereocenters. The number of aromatic nitrogens is 3. The van der Waals surface area contributed by atoms with Gasteiger partial charge in [-0.15, -0.1) is 5.10 Å². The van der Waals surface area contributed by atoms with E-state index in [9.17, 15) is 14.4 Å². The maximum Gasteiger partial charge on any atom is 0.360 e. The quantitative estimate of drug-likeness (QED) is 0.446. The molecule has 130 valence electrons. The smallest absolute Gasteiger partial charge is 0.360 e. The predicted octanol–water partition coefficient (Wildman–Crippen LogP) is 1.82. The summed E-state index contributed by atoms with van der Waals surface area (Å²) in [5.74, 6) is -0.941. The second kappa shape index (κ2) is 7.69. The molecule has 0 saturated carbocycles. The first kappa shape index (κ1) is 16.8. The largest absolute Gasteiger partial charge is 0.461 e. The van der Waals surface area contributed by atoms with Crippen LogP contribution in [0.15, 0.2) is 30.5 Å². The van der Waals surface area contributed by atoms with Gasteiger partial charge in [0.05, 0.1) is 23.9 Å². The molecular weight excluding hydrogens is 324 g/mol. The van der Waals surface area contributed by atoms with Gasteiger partial charge in [0.2, 0.25) is 0 Å². The van der Waals surface area contributed by atoms with Gasteiger partial charge in [0, 0.05) is 6.54 Å². The third-order valence-electron chi connectivity index (χ3n) is 4.01. The number of benzene rings is 1. The number of aromatic amines is 1. The minimum absolute atomic E-state index is 0.158. The molecule has 2 amide bonds. The number of nitrogens with zero attached hydrogens (tertiary/aromatic N) is 3. The van der Waals surface area contributed by atoms with Crippen molar-refractivity contribution >= 4 is 17.8 Å². The predicted molar refractivity (Wildman–Crippen MR) is 86.9 cm³/mol. The lowest BCUT2D eigenvalue weighted by molar-refractivity contribution is 0.0488. The van der Waals surface area contributed by atoms with Crippen molar-refractivity contribution in [3.05, 3.63) is 47.3 Å². The molecule has 0 spiro atoms. The summed E-state index contributed by atoms with van der Waals surface area (Å²) in [6.45, 7) is 0.712. The maximum atomic E-state index is 12.2. The van der Waals surface area contributed by atoms with E-state index in [1.165, 1.54) is 11.1 Å². The molecule has 1 N–H and O–H groups in total. The molecule has 8 nitrogen and oxygen atoms in total. The molecule has 0 aliphatic carbocycles. The number of nitrogens with one attached hydrogen (secondary N) is 1. The summed E-state index contributed by atoms with van der Waals surface area (Å²) in [6.07, 6.45) is 4.43. The van der Waals surface area contributed by atoms with Crippen molar-refractivity contribution in [2.45, 2.75) is 25.7 Å². The molecule has 0 bridgehead atoms. The third kappa shape index (κ3) is 3.73. The van der Waals surface area contributed by atoms with Gasteiger partial charge in [-0.2, -0.15) is 10.3 Å². The Morgan fingerprint density at radius 3 is 2.36 bits per heavy atom. The minimum atomic E-state index is -0.500. The highest BCUT2D eigenvalue weighted by molar-refractivity contribution is 6.21. The molecule has 1 aromatic carbocycles. The maximum absolute atomic E-state index is 12.2. The monoisotopic (exact) mass is 342 g/mol. The van der Waals surface area contributed by atoms with Crippen LogP contribution in [0.5, 0.6) is 0 Å². The molecule has 3 rings (SSSR count). The molecule has 1 aromatic heterocycles. The highest BCUT2D eigenvalue weighted by Gasteiger charge is 2.34. The topological polar surface area (TPSA) is 105 Å². The van der Waals surface area contributed by atoms with Crippen LogP contribution in [0.4, 0.5) is 0 Å². The van der Waals surface area contributed by atoms with Crippen LogP contribution in [-0.4, -0.2) is 51.2 Å². The van der Waals surface area contributed by atoms with Crippen LogP contribution in [0, 0.1) is 0 Å². The number of esters is 1. The average molecular weight is 342 g/mol. The first-order valence-electron chi connectivity index (χ1n) is 8.16. The van der Waals surface area contributed by atoms with Crippen LogP contribution in [-0.2, 0) is 4.74 Å². The van der Waals surface area contributed by atoms with Gasteiger partial charge in [-0.25, -0.2) is 4.79 Å². The number of imide groups is 1. The van der Waals surface area contributed by atoms with E-state index in [1.54, 1.807) is 24.3 Å². The molecule has 25 heavy (non-hydrogen) atoms. The number of amides is 2. The molecule has 1 aliphatic rings. The van der Waals surface area contributed by atoms with Crippen molar-refractivity contribution in [2.24, 2.45) is 0 Å². The van der Waals surface area contributed by atoms with Gasteiger partial charge in [0.15, 0.2) is 5.69 Å². The van der Waals surface area contributed by atoms with Crippen molar-refractivity contribution in [1.29, 1.82) is 0 Å². The second-order valence-corrected chi connectivity index (χ2v) is 5.71. The van der Waals surface area contributed by atoms with Crippen LogP contribution in [0.3, 0.4) is 0 Å². The number of ether oxygens (including phenoxy) is 1. The number of carbonyl (C=O) groups excluding carboxylic acids is 3. The summed E-state index contributed by atoms with van der Waals surface area (Å²) in [5.41, 5.74) is 1.12. The van der Waals surface area contributed by atoms with E-state index in [-0.39, 0.29) is 17.5 Å². The third-order valence-corrected chi connectivity index (χ3v) is 4.01. The SMILES string of the molecule is O=C(OCCCCCCN1C(=O)c2ccccc2C1=O)c1cn[nH]n1. The second-order valence-electron chi connectivity index (χ2n) is 5.71. The van der Waals surface area contributed by atoms with Crippen LogP contribution in [0.25, 0.3) is 0 Å². The summed E-state index contributed by atoms with van der Waals surface area (Å²) in [5, 5.41) is 9.53. The van der Waals surface area contributed by atoms with E-state index in [2.05, 4.69) is 15.4 Å². The van der Waals surface area contributed by atoms with E-state index >= 15 is 0 Å². The zero-order chi connectivity index (χ0) is 17.6. The lowest BCUT2D eigenvalue weighted by Crippen LogP contribution is -2.30. The highest BCUT2D eigenvalue weighted by Crippen LogP contribution is 2.22. The normalized spacial score (nSPS) is 13.2. The van der Waals surface area contributed by atoms with E-state index in [1.807, 2.05) is 0 Å². The summed E-state index contributed by atoms with van der Waals surface area (Å²) in [4.78, 5) is 37.2. The Kier molecular flexibility index (Phi) is 5.17. The standard InChI is InChI=1S/C17H18N4O4/c22-15-12-7-3-4-8-13(12)16(23)21(15)9-5-1-2-6-10-25-17(24)14-11-18-20-19-14/h3-4,7-8,11H,1-2,5-6,9-10H2,(H,18,19,20). The van der Waals surface area contributed by atoms with Gasteiger partial charge < -0.3 is 4.74 Å². The minimum Gasteiger partial charge on any atom is -0.461 e. The lowest BCUT2D eigenvalue weighted by Gasteiger charge is -2.13. The fourth-order valence-corrected chi connectivity index (χ4v) is 2.71. The van der Waals surface area contributed by atoms with Gasteiger partial charge in [0.1, 0.15) is 0 Å². The lowest BCUT2D eigenvalue weighted by atomic mass is 10.1. The molecule has 0 radical (unpaired) electrons. The first-order valence-corrected chi connectivity index (χ1v) is 8.16. The number of unbranched alkanes of at least 4 members (excludes halogenated alkanes) is 3. The number of fused-ring (bicyclic) bond motifs is 1. The van der Waals surface area contributed by atoms with Crippen molar-refractivity contribution in [3.8, 4) is 0 Å². The Morgan fingerprint density at radius 2 is 1.72 bits per heavy atom. The highest BCUT2D eigenvalue weighted by atomic mass is 16.5. The van der Waals surface area contributed by atoms with E-state index < -0.39 is 5.97 Å². The number of carbonyl (C=O) groups is 3. The van der Waals surface area contributed by atoms with Crippen molar-refractivity contribution < 1.29 is 19.1 Å². The Bertz CT molecular complexity index is 738. The van der Waals surface area contributed by atoms with Gasteiger partial charge in [-0.05, 0) is 31.4 Å². The zero-order valence-corrected chi connectivity index (χ0v) is 13.6. The van der Waals surface area contributed by atoms with Crippen LogP contribution < -0.4 is 0 Å². The van der Waals surface area contributed by atoms with Gasteiger partial charge in [0.25, 0.3) is 11.8 Å². The first-order chi connectivity index (χ1) is 12.2. The van der Waals surface area contributed by atoms with Crippen molar-refractivity contribution in [1.82, 2.24) is 20.3 Å². The molecule has 0 fully saturated rings. The van der Waals surface area contributed by atoms with E-state index in [4.69, 9.17) is 4.74 Å². The fourth-order valence-electron chi connectivity index (χ4n) is 2.71. The number of hydrogen-bond acceptors (Lipinski definition) is 6. The molecule has 2 aromatic rings. The van der Waals surface area contributed by atoms with Crippen molar-refractivity contribution in [2.75, 3.05) is 13.2 Å². The summed E-state index contributed by atoms with van der Waals surface area (Å²) in [6, 6.07) is 6.87. The van der Waals surface area contributed by atoms with Gasteiger partial charge in [-0.1, -0.05) is 18.6 Å².